The Bertz CT molecular complexity index is 894. The average Bonchev–Trinajstić information content (AvgIpc) is 2.43. The van der Waals surface area contributed by atoms with E-state index in [9.17, 15) is 15.0 Å². The van der Waals surface area contributed by atoms with Crippen LogP contribution in [0.2, 0.25) is 0 Å². The largest absolute Gasteiger partial charge is 0.508 e. The van der Waals surface area contributed by atoms with Crippen molar-refractivity contribution in [2.24, 2.45) is 0 Å². The number of hydrogen-bond donors (Lipinski definition) is 2. The van der Waals surface area contributed by atoms with Crippen LogP contribution in [0.4, 0.5) is 0 Å². The van der Waals surface area contributed by atoms with Gasteiger partial charge in [-0.3, -0.25) is 4.79 Å². The van der Waals surface area contributed by atoms with Gasteiger partial charge in [0.05, 0.1) is 5.56 Å². The van der Waals surface area contributed by atoms with E-state index >= 15 is 0 Å². The maximum atomic E-state index is 12.6. The molecule has 4 rings (SSSR count). The Morgan fingerprint density at radius 1 is 0.800 bits per heavy atom. The molecule has 0 heterocycles. The maximum Gasteiger partial charge on any atom is 0.198 e. The minimum Gasteiger partial charge on any atom is -0.508 e. The zero-order chi connectivity index (χ0) is 13.9. The first kappa shape index (κ1) is 11.1. The first-order valence-corrected chi connectivity index (χ1v) is 6.29. The SMILES string of the molecule is O=C1c2c(O)cccc2-c2cc(O)cc3cccc1c23. The first-order valence-electron chi connectivity index (χ1n) is 6.29. The highest BCUT2D eigenvalue weighted by atomic mass is 16.3. The van der Waals surface area contributed by atoms with Gasteiger partial charge >= 0.3 is 0 Å². The van der Waals surface area contributed by atoms with Gasteiger partial charge in [-0.15, -0.1) is 0 Å². The summed E-state index contributed by atoms with van der Waals surface area (Å²) in [5.74, 6) is -0.0614. The Balaban J connectivity index is 2.28. The van der Waals surface area contributed by atoms with Gasteiger partial charge in [0.1, 0.15) is 11.5 Å². The van der Waals surface area contributed by atoms with E-state index in [2.05, 4.69) is 0 Å². The fourth-order valence-electron chi connectivity index (χ4n) is 2.95. The van der Waals surface area contributed by atoms with Crippen LogP contribution in [0.15, 0.2) is 48.5 Å². The zero-order valence-corrected chi connectivity index (χ0v) is 10.4. The number of phenolic OH excluding ortho intramolecular Hbond substituents is 2. The van der Waals surface area contributed by atoms with Crippen LogP contribution in [0.3, 0.4) is 0 Å². The van der Waals surface area contributed by atoms with E-state index in [0.717, 1.165) is 16.3 Å². The Labute approximate surface area is 114 Å². The Kier molecular flexibility index (Phi) is 1.99. The molecule has 0 aromatic heterocycles. The topological polar surface area (TPSA) is 57.5 Å². The molecule has 0 unspecified atom stereocenters. The van der Waals surface area contributed by atoms with E-state index in [0.29, 0.717) is 16.7 Å². The van der Waals surface area contributed by atoms with E-state index in [1.54, 1.807) is 36.4 Å². The lowest BCUT2D eigenvalue weighted by molar-refractivity contribution is 0.103. The maximum absolute atomic E-state index is 12.6. The van der Waals surface area contributed by atoms with Crippen molar-refractivity contribution in [2.45, 2.75) is 0 Å². The highest BCUT2D eigenvalue weighted by molar-refractivity contribution is 6.27. The summed E-state index contributed by atoms with van der Waals surface area (Å²) in [6.07, 6.45) is 0. The summed E-state index contributed by atoms with van der Waals surface area (Å²) in [6.45, 7) is 0. The van der Waals surface area contributed by atoms with E-state index < -0.39 is 0 Å². The number of ketones is 1. The van der Waals surface area contributed by atoms with Crippen molar-refractivity contribution in [3.8, 4) is 22.6 Å². The molecule has 0 atom stereocenters. The quantitative estimate of drug-likeness (QED) is 0.510. The second kappa shape index (κ2) is 3.61. The number of fused-ring (bicyclic) bond motifs is 2. The number of carbonyl (C=O) groups excluding carboxylic acids is 1. The fourth-order valence-corrected chi connectivity index (χ4v) is 2.95. The van der Waals surface area contributed by atoms with Crippen LogP contribution in [0.1, 0.15) is 15.9 Å². The summed E-state index contributed by atoms with van der Waals surface area (Å²) in [5.41, 5.74) is 2.31. The molecule has 0 fully saturated rings. The van der Waals surface area contributed by atoms with Crippen molar-refractivity contribution < 1.29 is 15.0 Å². The molecular formula is C17H10O3. The molecule has 1 aliphatic carbocycles. The molecule has 0 spiro atoms. The van der Waals surface area contributed by atoms with Crippen molar-refractivity contribution in [3.63, 3.8) is 0 Å². The zero-order valence-electron chi connectivity index (χ0n) is 10.4. The van der Waals surface area contributed by atoms with Crippen LogP contribution in [0.25, 0.3) is 21.9 Å². The Hall–Kier alpha value is -2.81. The van der Waals surface area contributed by atoms with Gasteiger partial charge in [0.2, 0.25) is 0 Å². The molecule has 0 saturated heterocycles. The molecule has 3 heteroatoms. The van der Waals surface area contributed by atoms with E-state index in [1.807, 2.05) is 6.07 Å². The minimum absolute atomic E-state index is 0.0292. The summed E-state index contributed by atoms with van der Waals surface area (Å²) in [5, 5.41) is 21.5. The van der Waals surface area contributed by atoms with Gasteiger partial charge in [-0.05, 0) is 34.7 Å². The molecule has 0 aliphatic heterocycles. The predicted molar refractivity (Wildman–Crippen MR) is 76.1 cm³/mol. The summed E-state index contributed by atoms with van der Waals surface area (Å²) < 4.78 is 0. The number of rotatable bonds is 0. The van der Waals surface area contributed by atoms with Crippen LogP contribution in [-0.2, 0) is 0 Å². The molecule has 0 amide bonds. The Morgan fingerprint density at radius 2 is 1.55 bits per heavy atom. The highest BCUT2D eigenvalue weighted by Gasteiger charge is 2.27. The van der Waals surface area contributed by atoms with E-state index in [1.165, 1.54) is 6.07 Å². The molecule has 0 saturated carbocycles. The van der Waals surface area contributed by atoms with Crippen molar-refractivity contribution in [3.05, 3.63) is 59.7 Å². The molecule has 96 valence electrons. The van der Waals surface area contributed by atoms with Gasteiger partial charge in [-0.25, -0.2) is 0 Å². The van der Waals surface area contributed by atoms with Crippen LogP contribution in [0.5, 0.6) is 11.5 Å². The first-order chi connectivity index (χ1) is 9.66. The van der Waals surface area contributed by atoms with Crippen molar-refractivity contribution in [1.82, 2.24) is 0 Å². The van der Waals surface area contributed by atoms with Gasteiger partial charge in [0.25, 0.3) is 0 Å². The van der Waals surface area contributed by atoms with E-state index in [4.69, 9.17) is 0 Å². The summed E-state index contributed by atoms with van der Waals surface area (Å²) >= 11 is 0. The van der Waals surface area contributed by atoms with Crippen molar-refractivity contribution >= 4 is 16.6 Å². The fraction of sp³-hybridized carbons (Fsp3) is 0. The van der Waals surface area contributed by atoms with Crippen molar-refractivity contribution in [1.29, 1.82) is 0 Å². The number of phenols is 2. The third kappa shape index (κ3) is 1.26. The minimum atomic E-state index is -0.179. The molecule has 0 bridgehead atoms. The van der Waals surface area contributed by atoms with Gasteiger partial charge in [-0.2, -0.15) is 0 Å². The lowest BCUT2D eigenvalue weighted by Gasteiger charge is -2.20. The van der Waals surface area contributed by atoms with Crippen molar-refractivity contribution in [2.75, 3.05) is 0 Å². The van der Waals surface area contributed by atoms with Crippen LogP contribution in [-0.4, -0.2) is 16.0 Å². The van der Waals surface area contributed by atoms with Crippen LogP contribution < -0.4 is 0 Å². The van der Waals surface area contributed by atoms with E-state index in [-0.39, 0.29) is 17.3 Å². The second-order valence-electron chi connectivity index (χ2n) is 4.93. The summed E-state index contributed by atoms with van der Waals surface area (Å²) in [7, 11) is 0. The number of hydrogen-bond acceptors (Lipinski definition) is 3. The molecule has 0 radical (unpaired) electrons. The molecular weight excluding hydrogens is 252 g/mol. The molecule has 3 aromatic rings. The molecule has 20 heavy (non-hydrogen) atoms. The molecule has 2 N–H and O–H groups in total. The Morgan fingerprint density at radius 3 is 2.40 bits per heavy atom. The molecule has 3 aromatic carbocycles. The van der Waals surface area contributed by atoms with Gasteiger partial charge in [0, 0.05) is 10.9 Å². The number of carbonyl (C=O) groups is 1. The smallest absolute Gasteiger partial charge is 0.198 e. The third-order valence-corrected chi connectivity index (χ3v) is 3.77. The average molecular weight is 262 g/mol. The molecule has 1 aliphatic rings. The lowest BCUT2D eigenvalue weighted by Crippen LogP contribution is -2.10. The van der Waals surface area contributed by atoms with Crippen LogP contribution >= 0.6 is 0 Å². The van der Waals surface area contributed by atoms with Gasteiger partial charge in [0.15, 0.2) is 5.78 Å². The molecule has 3 nitrogen and oxygen atoms in total. The van der Waals surface area contributed by atoms with Crippen LogP contribution in [0, 0.1) is 0 Å². The second-order valence-corrected chi connectivity index (χ2v) is 4.93. The summed E-state index contributed by atoms with van der Waals surface area (Å²) in [4.78, 5) is 12.6. The number of aromatic hydroxyl groups is 2. The monoisotopic (exact) mass is 262 g/mol. The summed E-state index contributed by atoms with van der Waals surface area (Å²) in [6, 6.07) is 13.7. The number of benzene rings is 3. The van der Waals surface area contributed by atoms with Gasteiger partial charge in [-0.1, -0.05) is 30.3 Å². The standard InChI is InChI=1S/C17H10O3/c18-10-7-9-3-1-5-12-15(9)13(8-10)11-4-2-6-14(19)16(11)17(12)20/h1-8,18-19H. The third-order valence-electron chi connectivity index (χ3n) is 3.77. The predicted octanol–water partition coefficient (Wildman–Crippen LogP) is 3.46. The highest BCUT2D eigenvalue weighted by Crippen LogP contribution is 2.43. The lowest BCUT2D eigenvalue weighted by atomic mass is 9.82. The normalized spacial score (nSPS) is 12.5. The van der Waals surface area contributed by atoms with Gasteiger partial charge < -0.3 is 10.2 Å².